The Bertz CT molecular complexity index is 125. The number of rotatable bonds is 2. The Morgan fingerprint density at radius 3 is 2.78 bits per heavy atom. The van der Waals surface area contributed by atoms with E-state index in [2.05, 4.69) is 18.4 Å². The predicted molar refractivity (Wildman–Crippen MR) is 40.2 cm³/mol. The molecule has 1 heterocycles. The summed E-state index contributed by atoms with van der Waals surface area (Å²) in [5, 5.41) is 0. The first-order chi connectivity index (χ1) is 4.34. The van der Waals surface area contributed by atoms with Gasteiger partial charge in [-0.25, -0.2) is 4.58 Å². The van der Waals surface area contributed by atoms with Gasteiger partial charge in [0.25, 0.3) is 0 Å². The monoisotopic (exact) mass is 126 g/mol. The van der Waals surface area contributed by atoms with Gasteiger partial charge in [0.15, 0.2) is 0 Å². The van der Waals surface area contributed by atoms with Gasteiger partial charge in [-0.05, 0) is 0 Å². The van der Waals surface area contributed by atoms with E-state index in [0.29, 0.717) is 0 Å². The molecule has 0 radical (unpaired) electrons. The van der Waals surface area contributed by atoms with Crippen molar-refractivity contribution in [3.8, 4) is 0 Å². The largest absolute Gasteiger partial charge is 0.237 e. The summed E-state index contributed by atoms with van der Waals surface area (Å²) in [6.45, 7) is 7.07. The van der Waals surface area contributed by atoms with Crippen LogP contribution in [0.4, 0.5) is 0 Å². The molecule has 0 aromatic rings. The van der Waals surface area contributed by atoms with Crippen molar-refractivity contribution in [3.63, 3.8) is 0 Å². The molecule has 1 rings (SSSR count). The average Bonchev–Trinajstić information content (AvgIpc) is 2.18. The van der Waals surface area contributed by atoms with Gasteiger partial charge in [-0.1, -0.05) is 6.92 Å². The van der Waals surface area contributed by atoms with Crippen molar-refractivity contribution in [2.75, 3.05) is 13.1 Å². The maximum Gasteiger partial charge on any atom is 0.149 e. The van der Waals surface area contributed by atoms with Crippen LogP contribution in [-0.2, 0) is 0 Å². The van der Waals surface area contributed by atoms with E-state index in [9.17, 15) is 0 Å². The third kappa shape index (κ3) is 1.54. The van der Waals surface area contributed by atoms with E-state index in [-0.39, 0.29) is 0 Å². The van der Waals surface area contributed by atoms with Crippen LogP contribution in [0, 0.1) is 0 Å². The molecule has 52 valence electrons. The van der Waals surface area contributed by atoms with Crippen LogP contribution in [0.5, 0.6) is 0 Å². The molecule has 1 aliphatic rings. The van der Waals surface area contributed by atoms with Crippen molar-refractivity contribution in [1.82, 2.24) is 0 Å². The molecule has 0 atom stereocenters. The second-order valence-corrected chi connectivity index (χ2v) is 2.83. The van der Waals surface area contributed by atoms with Crippen LogP contribution in [0.15, 0.2) is 0 Å². The maximum atomic E-state index is 2.50. The first-order valence-corrected chi connectivity index (χ1v) is 3.92. The fraction of sp³-hybridized carbons (Fsp3) is 0.875. The highest BCUT2D eigenvalue weighted by molar-refractivity contribution is 5.77. The van der Waals surface area contributed by atoms with E-state index in [1.807, 2.05) is 0 Å². The molecule has 0 bridgehead atoms. The summed E-state index contributed by atoms with van der Waals surface area (Å²) < 4.78 is 2.50. The number of nitrogens with zero attached hydrogens (tertiary/aromatic N) is 1. The van der Waals surface area contributed by atoms with Gasteiger partial charge in [-0.2, -0.15) is 0 Å². The van der Waals surface area contributed by atoms with Crippen LogP contribution >= 0.6 is 0 Å². The Kier molecular flexibility index (Phi) is 2.26. The molecule has 1 nitrogen and oxygen atoms in total. The molecule has 0 unspecified atom stereocenters. The van der Waals surface area contributed by atoms with Crippen molar-refractivity contribution in [3.05, 3.63) is 0 Å². The molecule has 0 aliphatic carbocycles. The van der Waals surface area contributed by atoms with Crippen molar-refractivity contribution < 1.29 is 4.58 Å². The molecule has 0 aromatic carbocycles. The number of hydrogen-bond donors (Lipinski definition) is 0. The van der Waals surface area contributed by atoms with Crippen LogP contribution in [0.1, 0.15) is 33.1 Å². The summed E-state index contributed by atoms with van der Waals surface area (Å²) in [6.07, 6.45) is 4.00. The molecule has 1 heteroatoms. The van der Waals surface area contributed by atoms with Gasteiger partial charge >= 0.3 is 0 Å². The molecule has 9 heavy (non-hydrogen) atoms. The lowest BCUT2D eigenvalue weighted by atomic mass is 10.3. The molecule has 0 amide bonds. The minimum atomic E-state index is 1.27. The smallest absolute Gasteiger partial charge is 0.149 e. The van der Waals surface area contributed by atoms with E-state index < -0.39 is 0 Å². The van der Waals surface area contributed by atoms with Gasteiger partial charge in [-0.15, -0.1) is 0 Å². The maximum absolute atomic E-state index is 2.50. The molecular formula is C8H16N+. The molecule has 0 spiro atoms. The van der Waals surface area contributed by atoms with E-state index in [0.717, 1.165) is 0 Å². The summed E-state index contributed by atoms with van der Waals surface area (Å²) in [6, 6.07) is 0. The first-order valence-electron chi connectivity index (χ1n) is 3.92. The standard InChI is InChI=1S/C8H16N/c1-3-6-9-7-4-5-8(9)2/h3-7H2,1-2H3/q+1. The minimum absolute atomic E-state index is 1.27. The zero-order valence-electron chi connectivity index (χ0n) is 6.48. The Balaban J connectivity index is 2.45. The second kappa shape index (κ2) is 3.00. The molecular weight excluding hydrogens is 110 g/mol. The Labute approximate surface area is 57.4 Å². The van der Waals surface area contributed by atoms with E-state index in [4.69, 9.17) is 0 Å². The predicted octanol–water partition coefficient (Wildman–Crippen LogP) is 1.66. The van der Waals surface area contributed by atoms with Crippen molar-refractivity contribution in [2.24, 2.45) is 0 Å². The third-order valence-corrected chi connectivity index (χ3v) is 2.00. The summed E-state index contributed by atoms with van der Waals surface area (Å²) in [7, 11) is 0. The highest BCUT2D eigenvalue weighted by Crippen LogP contribution is 2.03. The van der Waals surface area contributed by atoms with Gasteiger partial charge in [-0.3, -0.25) is 0 Å². The normalized spacial score (nSPS) is 19.3. The molecule has 0 fully saturated rings. The lowest BCUT2D eigenvalue weighted by Gasteiger charge is -1.94. The summed E-state index contributed by atoms with van der Waals surface area (Å²) in [5.41, 5.74) is 1.59. The van der Waals surface area contributed by atoms with Crippen LogP contribution < -0.4 is 0 Å². The molecule has 0 N–H and O–H groups in total. The van der Waals surface area contributed by atoms with Crippen molar-refractivity contribution in [2.45, 2.75) is 33.1 Å². The fourth-order valence-corrected chi connectivity index (χ4v) is 1.45. The van der Waals surface area contributed by atoms with Crippen molar-refractivity contribution >= 4 is 5.71 Å². The van der Waals surface area contributed by atoms with E-state index in [1.54, 1.807) is 5.71 Å². The zero-order chi connectivity index (χ0) is 6.69. The van der Waals surface area contributed by atoms with Gasteiger partial charge < -0.3 is 0 Å². The molecule has 0 saturated carbocycles. The van der Waals surface area contributed by atoms with Crippen LogP contribution in [-0.4, -0.2) is 23.4 Å². The molecule has 1 aliphatic heterocycles. The quantitative estimate of drug-likeness (QED) is 0.495. The SMILES string of the molecule is CCC[N+]1=C(C)CCC1. The summed E-state index contributed by atoms with van der Waals surface area (Å²) in [4.78, 5) is 0. The van der Waals surface area contributed by atoms with Gasteiger partial charge in [0.1, 0.15) is 18.8 Å². The molecule has 0 aromatic heterocycles. The molecule has 0 saturated heterocycles. The summed E-state index contributed by atoms with van der Waals surface area (Å²) in [5.74, 6) is 0. The fourth-order valence-electron chi connectivity index (χ4n) is 1.45. The summed E-state index contributed by atoms with van der Waals surface area (Å²) >= 11 is 0. The minimum Gasteiger partial charge on any atom is -0.237 e. The topological polar surface area (TPSA) is 3.01 Å². The van der Waals surface area contributed by atoms with E-state index >= 15 is 0 Å². The van der Waals surface area contributed by atoms with Gasteiger partial charge in [0.05, 0.1) is 0 Å². The highest BCUT2D eigenvalue weighted by Gasteiger charge is 2.15. The van der Waals surface area contributed by atoms with E-state index in [1.165, 1.54) is 32.4 Å². The van der Waals surface area contributed by atoms with Crippen LogP contribution in [0.3, 0.4) is 0 Å². The highest BCUT2D eigenvalue weighted by atomic mass is 15.0. The number of hydrogen-bond acceptors (Lipinski definition) is 0. The van der Waals surface area contributed by atoms with Crippen molar-refractivity contribution in [1.29, 1.82) is 0 Å². The third-order valence-electron chi connectivity index (χ3n) is 2.00. The zero-order valence-corrected chi connectivity index (χ0v) is 6.48. The Morgan fingerprint density at radius 2 is 2.33 bits per heavy atom. The second-order valence-electron chi connectivity index (χ2n) is 2.83. The lowest BCUT2D eigenvalue weighted by Crippen LogP contribution is -2.13. The Hall–Kier alpha value is -0.330. The van der Waals surface area contributed by atoms with Gasteiger partial charge in [0, 0.05) is 26.2 Å². The Morgan fingerprint density at radius 1 is 1.56 bits per heavy atom. The van der Waals surface area contributed by atoms with Crippen LogP contribution in [0.2, 0.25) is 0 Å². The van der Waals surface area contributed by atoms with Crippen LogP contribution in [0.25, 0.3) is 0 Å². The lowest BCUT2D eigenvalue weighted by molar-refractivity contribution is -0.520. The van der Waals surface area contributed by atoms with Gasteiger partial charge in [0.2, 0.25) is 0 Å². The first kappa shape index (κ1) is 6.79. The average molecular weight is 126 g/mol.